The molecule has 0 saturated heterocycles. The summed E-state index contributed by atoms with van der Waals surface area (Å²) in [7, 11) is 0. The van der Waals surface area contributed by atoms with Crippen molar-refractivity contribution in [3.63, 3.8) is 0 Å². The minimum absolute atomic E-state index is 0.103. The highest BCUT2D eigenvalue weighted by Crippen LogP contribution is 2.31. The van der Waals surface area contributed by atoms with Gasteiger partial charge in [-0.15, -0.1) is 0 Å². The first-order chi connectivity index (χ1) is 8.74. The van der Waals surface area contributed by atoms with Crippen LogP contribution >= 0.6 is 27.7 Å². The van der Waals surface area contributed by atoms with Crippen LogP contribution in [-0.4, -0.2) is 0 Å². The van der Waals surface area contributed by atoms with Crippen molar-refractivity contribution >= 4 is 27.7 Å². The molecule has 0 aliphatic heterocycles. The predicted octanol–water partition coefficient (Wildman–Crippen LogP) is 4.74. The summed E-state index contributed by atoms with van der Waals surface area (Å²) in [6.07, 6.45) is 0. The molecule has 0 aromatic heterocycles. The number of hydrogen-bond donors (Lipinski definition) is 0. The molecule has 2 aromatic carbocycles. The topological polar surface area (TPSA) is 23.8 Å². The first-order valence-electron chi connectivity index (χ1n) is 5.26. The third kappa shape index (κ3) is 2.92. The zero-order valence-corrected chi connectivity index (χ0v) is 11.8. The van der Waals surface area contributed by atoms with Gasteiger partial charge in [0.05, 0.1) is 0 Å². The van der Waals surface area contributed by atoms with Crippen molar-refractivity contribution in [1.82, 2.24) is 0 Å². The minimum atomic E-state index is -0.473. The number of rotatable bonds is 3. The number of hydrogen-bond acceptors (Lipinski definition) is 2. The first kappa shape index (κ1) is 13.1. The van der Waals surface area contributed by atoms with Gasteiger partial charge in [-0.1, -0.05) is 45.9 Å². The second-order valence-corrected chi connectivity index (χ2v) is 5.28. The summed E-state index contributed by atoms with van der Waals surface area (Å²) in [4.78, 5) is 1.64. The van der Waals surface area contributed by atoms with Crippen LogP contribution in [0.1, 0.15) is 11.1 Å². The smallest absolute Gasteiger partial charge is 0.142 e. The number of nitriles is 1. The monoisotopic (exact) mass is 321 g/mol. The minimum Gasteiger partial charge on any atom is -0.206 e. The summed E-state index contributed by atoms with van der Waals surface area (Å²) in [5.74, 6) is -0.473. The van der Waals surface area contributed by atoms with Gasteiger partial charge in [-0.2, -0.15) is 5.26 Å². The lowest BCUT2D eigenvalue weighted by Gasteiger charge is -2.05. The van der Waals surface area contributed by atoms with E-state index in [2.05, 4.69) is 15.9 Å². The molecule has 0 saturated carbocycles. The molecule has 90 valence electrons. The molecule has 0 heterocycles. The van der Waals surface area contributed by atoms with E-state index in [4.69, 9.17) is 5.26 Å². The fourth-order valence-corrected chi connectivity index (χ4v) is 2.87. The Morgan fingerprint density at radius 2 is 2.00 bits per heavy atom. The van der Waals surface area contributed by atoms with E-state index in [1.807, 2.05) is 30.3 Å². The summed E-state index contributed by atoms with van der Waals surface area (Å²) in [5.41, 5.74) is 1.25. The average molecular weight is 322 g/mol. The van der Waals surface area contributed by atoms with E-state index in [1.165, 1.54) is 17.8 Å². The molecule has 1 nitrogen and oxygen atoms in total. The number of alkyl halides is 1. The van der Waals surface area contributed by atoms with Crippen molar-refractivity contribution in [3.8, 4) is 6.07 Å². The quantitative estimate of drug-likeness (QED) is 0.762. The number of benzene rings is 2. The number of halogens is 2. The molecule has 0 radical (unpaired) electrons. The van der Waals surface area contributed by atoms with Crippen LogP contribution in [0.4, 0.5) is 4.39 Å². The van der Waals surface area contributed by atoms with Crippen LogP contribution < -0.4 is 0 Å². The van der Waals surface area contributed by atoms with Crippen LogP contribution in [0.25, 0.3) is 0 Å². The van der Waals surface area contributed by atoms with Gasteiger partial charge in [-0.05, 0) is 29.8 Å². The molecule has 0 N–H and O–H groups in total. The molecular formula is C14H9BrFNS. The molecule has 4 heteroatoms. The molecule has 0 bridgehead atoms. The SMILES string of the molecule is N#Cc1c(F)cccc1Sc1cccc(CBr)c1. The van der Waals surface area contributed by atoms with E-state index >= 15 is 0 Å². The Labute approximate surface area is 118 Å². The predicted molar refractivity (Wildman–Crippen MR) is 74.3 cm³/mol. The van der Waals surface area contributed by atoms with E-state index in [9.17, 15) is 4.39 Å². The summed E-state index contributed by atoms with van der Waals surface area (Å²) < 4.78 is 13.5. The fraction of sp³-hybridized carbons (Fsp3) is 0.0714. The van der Waals surface area contributed by atoms with Gasteiger partial charge in [0.2, 0.25) is 0 Å². The van der Waals surface area contributed by atoms with E-state index in [-0.39, 0.29) is 5.56 Å². The summed E-state index contributed by atoms with van der Waals surface area (Å²) >= 11 is 4.79. The van der Waals surface area contributed by atoms with E-state index < -0.39 is 5.82 Å². The molecule has 0 atom stereocenters. The summed E-state index contributed by atoms with van der Waals surface area (Å²) in [6.45, 7) is 0. The average Bonchev–Trinajstić information content (AvgIpc) is 2.39. The molecule has 0 unspecified atom stereocenters. The Morgan fingerprint density at radius 3 is 2.72 bits per heavy atom. The second kappa shape index (κ2) is 6.03. The Balaban J connectivity index is 2.34. The standard InChI is InChI=1S/C14H9BrFNS/c15-8-10-3-1-4-11(7-10)18-14-6-2-5-13(16)12(14)9-17/h1-7H,8H2. The molecule has 0 fully saturated rings. The van der Waals surface area contributed by atoms with E-state index in [0.717, 1.165) is 15.8 Å². The maximum absolute atomic E-state index is 13.5. The first-order valence-corrected chi connectivity index (χ1v) is 7.20. The van der Waals surface area contributed by atoms with Gasteiger partial charge in [0.1, 0.15) is 17.4 Å². The summed E-state index contributed by atoms with van der Waals surface area (Å²) in [5, 5.41) is 9.74. The van der Waals surface area contributed by atoms with Crippen LogP contribution in [0.3, 0.4) is 0 Å². The molecule has 0 amide bonds. The van der Waals surface area contributed by atoms with Crippen LogP contribution in [0.2, 0.25) is 0 Å². The normalized spacial score (nSPS) is 10.1. The Kier molecular flexibility index (Phi) is 4.40. The van der Waals surface area contributed by atoms with Gasteiger partial charge in [0, 0.05) is 15.1 Å². The zero-order valence-electron chi connectivity index (χ0n) is 9.36. The molecule has 0 aliphatic carbocycles. The Morgan fingerprint density at radius 1 is 1.22 bits per heavy atom. The lowest BCUT2D eigenvalue weighted by molar-refractivity contribution is 0.620. The highest BCUT2D eigenvalue weighted by Gasteiger charge is 2.09. The van der Waals surface area contributed by atoms with E-state index in [1.54, 1.807) is 12.1 Å². The highest BCUT2D eigenvalue weighted by molar-refractivity contribution is 9.08. The molecule has 18 heavy (non-hydrogen) atoms. The van der Waals surface area contributed by atoms with Crippen LogP contribution in [0.5, 0.6) is 0 Å². The second-order valence-electron chi connectivity index (χ2n) is 3.61. The molecule has 2 rings (SSSR count). The highest BCUT2D eigenvalue weighted by atomic mass is 79.9. The lowest BCUT2D eigenvalue weighted by Crippen LogP contribution is -1.87. The maximum atomic E-state index is 13.5. The van der Waals surface area contributed by atoms with Gasteiger partial charge in [-0.3, -0.25) is 0 Å². The third-order valence-corrected chi connectivity index (χ3v) is 4.06. The van der Waals surface area contributed by atoms with Gasteiger partial charge in [0.15, 0.2) is 0 Å². The Hall–Kier alpha value is -1.31. The molecule has 2 aromatic rings. The van der Waals surface area contributed by atoms with Crippen molar-refractivity contribution in [2.45, 2.75) is 15.1 Å². The van der Waals surface area contributed by atoms with Crippen LogP contribution in [-0.2, 0) is 5.33 Å². The number of nitrogens with zero attached hydrogens (tertiary/aromatic N) is 1. The maximum Gasteiger partial charge on any atom is 0.142 e. The molecule has 0 aliphatic rings. The fourth-order valence-electron chi connectivity index (χ4n) is 1.52. The van der Waals surface area contributed by atoms with Crippen molar-refractivity contribution in [1.29, 1.82) is 5.26 Å². The van der Waals surface area contributed by atoms with Gasteiger partial charge in [0.25, 0.3) is 0 Å². The van der Waals surface area contributed by atoms with Crippen molar-refractivity contribution < 1.29 is 4.39 Å². The van der Waals surface area contributed by atoms with Crippen LogP contribution in [0.15, 0.2) is 52.3 Å². The zero-order chi connectivity index (χ0) is 13.0. The van der Waals surface area contributed by atoms with Gasteiger partial charge >= 0.3 is 0 Å². The molecule has 0 spiro atoms. The van der Waals surface area contributed by atoms with Gasteiger partial charge in [-0.25, -0.2) is 4.39 Å². The largest absolute Gasteiger partial charge is 0.206 e. The molecular weight excluding hydrogens is 313 g/mol. The van der Waals surface area contributed by atoms with Crippen molar-refractivity contribution in [2.75, 3.05) is 0 Å². The van der Waals surface area contributed by atoms with Crippen LogP contribution in [0, 0.1) is 17.1 Å². The Bertz CT molecular complexity index is 607. The third-order valence-electron chi connectivity index (χ3n) is 2.37. The van der Waals surface area contributed by atoms with Crippen molar-refractivity contribution in [2.24, 2.45) is 0 Å². The van der Waals surface area contributed by atoms with Gasteiger partial charge < -0.3 is 0 Å². The summed E-state index contributed by atoms with van der Waals surface area (Å²) in [6, 6.07) is 14.5. The van der Waals surface area contributed by atoms with Crippen molar-refractivity contribution in [3.05, 3.63) is 59.4 Å². The lowest BCUT2D eigenvalue weighted by atomic mass is 10.2. The van der Waals surface area contributed by atoms with E-state index in [0.29, 0.717) is 4.90 Å².